The second kappa shape index (κ2) is 10.1. The number of hydrogen-bond donors (Lipinski definition) is 0. The summed E-state index contributed by atoms with van der Waals surface area (Å²) in [6, 6.07) is 6.28. The van der Waals surface area contributed by atoms with Crippen LogP contribution < -0.4 is 4.74 Å². The van der Waals surface area contributed by atoms with Gasteiger partial charge in [0.15, 0.2) is 0 Å². The Hall–Kier alpha value is -1.66. The number of benzene rings is 1. The Labute approximate surface area is 125 Å². The molecular weight excluding hydrogens is 272 g/mol. The van der Waals surface area contributed by atoms with E-state index in [-0.39, 0.29) is 5.69 Å². The zero-order valence-electron chi connectivity index (χ0n) is 12.8. The molecule has 1 aliphatic heterocycles. The lowest BCUT2D eigenvalue weighted by molar-refractivity contribution is -0.384. The molecule has 118 valence electrons. The minimum absolute atomic E-state index is 0.0608. The van der Waals surface area contributed by atoms with E-state index in [1.165, 1.54) is 12.1 Å². The summed E-state index contributed by atoms with van der Waals surface area (Å²) in [6.07, 6.45) is 0.905. The number of ether oxygens (including phenoxy) is 2. The fourth-order valence-electron chi connectivity index (χ4n) is 1.99. The largest absolute Gasteiger partial charge is 0.493 e. The number of nitro benzene ring substituents is 1. The van der Waals surface area contributed by atoms with Crippen LogP contribution in [0.5, 0.6) is 5.75 Å². The van der Waals surface area contributed by atoms with Crippen LogP contribution in [-0.4, -0.2) is 49.3 Å². The highest BCUT2D eigenvalue weighted by Gasteiger charge is 2.10. The summed E-state index contributed by atoms with van der Waals surface area (Å²) in [6.45, 7) is 9.07. The maximum atomic E-state index is 10.6. The summed E-state index contributed by atoms with van der Waals surface area (Å²) < 4.78 is 10.8. The quantitative estimate of drug-likeness (QED) is 0.459. The van der Waals surface area contributed by atoms with Crippen LogP contribution in [0.15, 0.2) is 24.3 Å². The van der Waals surface area contributed by atoms with E-state index in [0.717, 1.165) is 39.3 Å². The average Bonchev–Trinajstić information content (AvgIpc) is 2.55. The van der Waals surface area contributed by atoms with E-state index >= 15 is 0 Å². The third-order valence-electron chi connectivity index (χ3n) is 3.02. The molecule has 0 aliphatic carbocycles. The Bertz CT molecular complexity index is 420. The first-order valence-electron chi connectivity index (χ1n) is 7.43. The molecule has 2 rings (SSSR count). The highest BCUT2D eigenvalue weighted by molar-refractivity contribution is 5.37. The third-order valence-corrected chi connectivity index (χ3v) is 3.02. The summed E-state index contributed by atoms with van der Waals surface area (Å²) in [5.74, 6) is 0.552. The molecule has 1 saturated heterocycles. The van der Waals surface area contributed by atoms with Crippen molar-refractivity contribution in [2.45, 2.75) is 20.3 Å². The summed E-state index contributed by atoms with van der Waals surface area (Å²) in [4.78, 5) is 12.5. The Balaban J connectivity index is 0.00000106. The van der Waals surface area contributed by atoms with Crippen LogP contribution in [0.25, 0.3) is 0 Å². The zero-order chi connectivity index (χ0) is 15.5. The zero-order valence-corrected chi connectivity index (χ0v) is 12.8. The lowest BCUT2D eigenvalue weighted by atomic mass is 10.3. The minimum atomic E-state index is -0.416. The molecule has 0 bridgehead atoms. The Morgan fingerprint density at radius 1 is 1.33 bits per heavy atom. The molecule has 0 amide bonds. The number of nitrogens with zero attached hydrogens (tertiary/aromatic N) is 2. The van der Waals surface area contributed by atoms with Gasteiger partial charge in [-0.2, -0.15) is 0 Å². The molecule has 1 aromatic carbocycles. The number of non-ortho nitro benzene ring substituents is 1. The lowest BCUT2D eigenvalue weighted by Crippen LogP contribution is -2.37. The van der Waals surface area contributed by atoms with Crippen LogP contribution in [0.3, 0.4) is 0 Å². The highest BCUT2D eigenvalue weighted by atomic mass is 16.6. The van der Waals surface area contributed by atoms with Gasteiger partial charge in [-0.05, 0) is 12.5 Å². The van der Waals surface area contributed by atoms with Crippen LogP contribution in [0.2, 0.25) is 0 Å². The minimum Gasteiger partial charge on any atom is -0.493 e. The monoisotopic (exact) mass is 296 g/mol. The SMILES string of the molecule is CC.O=[N+]([O-])c1cccc(OCCCN2CCOCC2)c1. The van der Waals surface area contributed by atoms with E-state index in [0.29, 0.717) is 12.4 Å². The van der Waals surface area contributed by atoms with Gasteiger partial charge in [-0.1, -0.05) is 19.9 Å². The first-order chi connectivity index (χ1) is 10.3. The molecule has 0 unspecified atom stereocenters. The molecule has 0 atom stereocenters. The van der Waals surface area contributed by atoms with Gasteiger partial charge in [0.05, 0.1) is 30.8 Å². The maximum Gasteiger partial charge on any atom is 0.273 e. The van der Waals surface area contributed by atoms with Crippen molar-refractivity contribution in [1.82, 2.24) is 4.90 Å². The highest BCUT2D eigenvalue weighted by Crippen LogP contribution is 2.19. The van der Waals surface area contributed by atoms with Gasteiger partial charge < -0.3 is 9.47 Å². The summed E-state index contributed by atoms with van der Waals surface area (Å²) in [7, 11) is 0. The van der Waals surface area contributed by atoms with Crippen molar-refractivity contribution in [3.8, 4) is 5.75 Å². The van der Waals surface area contributed by atoms with E-state index in [2.05, 4.69) is 4.90 Å². The van der Waals surface area contributed by atoms with E-state index in [1.54, 1.807) is 12.1 Å². The molecule has 6 nitrogen and oxygen atoms in total. The lowest BCUT2D eigenvalue weighted by Gasteiger charge is -2.26. The molecule has 0 saturated carbocycles. The molecule has 6 heteroatoms. The second-order valence-electron chi connectivity index (χ2n) is 4.41. The summed E-state index contributed by atoms with van der Waals surface area (Å²) in [5.41, 5.74) is 0.0608. The standard InChI is InChI=1S/C13H18N2O4.C2H6/c16-15(17)12-3-1-4-13(11-12)19-8-2-5-14-6-9-18-10-7-14;1-2/h1,3-4,11H,2,5-10H2;1-2H3. The third kappa shape index (κ3) is 6.55. The molecule has 0 radical (unpaired) electrons. The smallest absolute Gasteiger partial charge is 0.273 e. The molecule has 1 heterocycles. The van der Waals surface area contributed by atoms with Crippen molar-refractivity contribution in [1.29, 1.82) is 0 Å². The molecule has 21 heavy (non-hydrogen) atoms. The molecule has 0 N–H and O–H groups in total. The van der Waals surface area contributed by atoms with Gasteiger partial charge in [0.25, 0.3) is 5.69 Å². The number of hydrogen-bond acceptors (Lipinski definition) is 5. The first kappa shape index (κ1) is 17.4. The van der Waals surface area contributed by atoms with Gasteiger partial charge in [-0.25, -0.2) is 0 Å². The van der Waals surface area contributed by atoms with Crippen LogP contribution in [0.4, 0.5) is 5.69 Å². The van der Waals surface area contributed by atoms with E-state index in [1.807, 2.05) is 13.8 Å². The number of nitro groups is 1. The fourth-order valence-corrected chi connectivity index (χ4v) is 1.99. The Morgan fingerprint density at radius 3 is 2.71 bits per heavy atom. The van der Waals surface area contributed by atoms with Crippen LogP contribution in [0, 0.1) is 10.1 Å². The maximum absolute atomic E-state index is 10.6. The van der Waals surface area contributed by atoms with Gasteiger partial charge in [0, 0.05) is 25.7 Å². The first-order valence-corrected chi connectivity index (χ1v) is 7.43. The van der Waals surface area contributed by atoms with Crippen molar-refractivity contribution in [2.75, 3.05) is 39.5 Å². The van der Waals surface area contributed by atoms with Crippen molar-refractivity contribution >= 4 is 5.69 Å². The van der Waals surface area contributed by atoms with Crippen molar-refractivity contribution in [3.63, 3.8) is 0 Å². The van der Waals surface area contributed by atoms with E-state index in [9.17, 15) is 10.1 Å². The number of morpholine rings is 1. The molecular formula is C15H24N2O4. The predicted octanol–water partition coefficient (Wildman–Crippen LogP) is 2.72. The molecule has 1 aromatic rings. The molecule has 0 aromatic heterocycles. The fraction of sp³-hybridized carbons (Fsp3) is 0.600. The number of rotatable bonds is 6. The second-order valence-corrected chi connectivity index (χ2v) is 4.41. The molecule has 1 fully saturated rings. The van der Waals surface area contributed by atoms with Crippen LogP contribution >= 0.6 is 0 Å². The summed E-state index contributed by atoms with van der Waals surface area (Å²) in [5, 5.41) is 10.6. The van der Waals surface area contributed by atoms with Crippen molar-refractivity contribution in [3.05, 3.63) is 34.4 Å². The van der Waals surface area contributed by atoms with E-state index < -0.39 is 4.92 Å². The normalized spacial score (nSPS) is 15.0. The average molecular weight is 296 g/mol. The van der Waals surface area contributed by atoms with Crippen molar-refractivity contribution < 1.29 is 14.4 Å². The van der Waals surface area contributed by atoms with Gasteiger partial charge >= 0.3 is 0 Å². The van der Waals surface area contributed by atoms with E-state index in [4.69, 9.17) is 9.47 Å². The molecule has 0 spiro atoms. The van der Waals surface area contributed by atoms with Gasteiger partial charge in [-0.3, -0.25) is 15.0 Å². The topological polar surface area (TPSA) is 64.8 Å². The van der Waals surface area contributed by atoms with Gasteiger partial charge in [0.1, 0.15) is 5.75 Å². The van der Waals surface area contributed by atoms with Crippen LogP contribution in [-0.2, 0) is 4.74 Å². The Kier molecular flexibility index (Phi) is 8.38. The predicted molar refractivity (Wildman–Crippen MR) is 81.8 cm³/mol. The van der Waals surface area contributed by atoms with Crippen LogP contribution in [0.1, 0.15) is 20.3 Å². The van der Waals surface area contributed by atoms with Gasteiger partial charge in [0.2, 0.25) is 0 Å². The van der Waals surface area contributed by atoms with Gasteiger partial charge in [-0.15, -0.1) is 0 Å². The molecule has 1 aliphatic rings. The Morgan fingerprint density at radius 2 is 2.05 bits per heavy atom. The van der Waals surface area contributed by atoms with Crippen molar-refractivity contribution in [2.24, 2.45) is 0 Å². The summed E-state index contributed by atoms with van der Waals surface area (Å²) >= 11 is 0.